The van der Waals surface area contributed by atoms with Gasteiger partial charge in [-0.3, -0.25) is 9.59 Å². The topological polar surface area (TPSA) is 55.8 Å². The summed E-state index contributed by atoms with van der Waals surface area (Å²) in [6.07, 6.45) is 4.01. The molecule has 2 rings (SSSR count). The van der Waals surface area contributed by atoms with E-state index in [1.54, 1.807) is 11.0 Å². The molecule has 7 heteroatoms. The molecule has 1 aliphatic heterocycles. The van der Waals surface area contributed by atoms with Crippen molar-refractivity contribution in [3.05, 3.63) is 48.0 Å². The number of ether oxygens (including phenoxy) is 1. The van der Waals surface area contributed by atoms with Gasteiger partial charge in [0.1, 0.15) is 11.3 Å². The normalized spacial score (nSPS) is 24.6. The minimum absolute atomic E-state index is 0.0486. The predicted octanol–water partition coefficient (Wildman–Crippen LogP) is 4.76. The van der Waals surface area contributed by atoms with Gasteiger partial charge in [0.25, 0.3) is 0 Å². The van der Waals surface area contributed by atoms with Crippen molar-refractivity contribution >= 4 is 31.8 Å². The summed E-state index contributed by atoms with van der Waals surface area (Å²) < 4.78 is 11.5. The van der Waals surface area contributed by atoms with E-state index >= 15 is 0 Å². The number of hydrogen-bond acceptors (Lipinski definition) is 4. The van der Waals surface area contributed by atoms with Crippen molar-refractivity contribution in [3.63, 3.8) is 0 Å². The average molecular weight is 452 g/mol. The Morgan fingerprint density at radius 2 is 1.87 bits per heavy atom. The molecule has 166 valence electrons. The number of carbonyl (C=O) groups excluding carboxylic acids is 2. The Bertz CT molecular complexity index is 760. The summed E-state index contributed by atoms with van der Waals surface area (Å²) in [5, 5.41) is -0.975. The Balaban J connectivity index is 2.36. The molecule has 0 N–H and O–H groups in total. The summed E-state index contributed by atoms with van der Waals surface area (Å²) in [6, 6.07) is 9.77. The van der Waals surface area contributed by atoms with E-state index in [9.17, 15) is 9.59 Å². The van der Waals surface area contributed by atoms with Gasteiger partial charge in [0.2, 0.25) is 5.91 Å². The first kappa shape index (κ1) is 24.6. The summed E-state index contributed by atoms with van der Waals surface area (Å²) in [5.74, 6) is -1.62. The molecule has 0 unspecified atom stereocenters. The van der Waals surface area contributed by atoms with Crippen LogP contribution in [0.5, 0.6) is 0 Å². The Labute approximate surface area is 186 Å². The molecule has 0 radical (unpaired) electrons. The summed E-state index contributed by atoms with van der Waals surface area (Å²) in [4.78, 5) is 27.3. The van der Waals surface area contributed by atoms with E-state index in [0.717, 1.165) is 5.56 Å². The number of rotatable bonds is 5. The van der Waals surface area contributed by atoms with E-state index in [1.807, 2.05) is 36.4 Å². The van der Waals surface area contributed by atoms with Crippen LogP contribution in [-0.4, -0.2) is 50.2 Å². The number of benzene rings is 1. The van der Waals surface area contributed by atoms with Gasteiger partial charge in [0, 0.05) is 13.1 Å². The summed E-state index contributed by atoms with van der Waals surface area (Å²) in [7, 11) is -0.743. The number of hydrogen-bond donors (Lipinski definition) is 0. The van der Waals surface area contributed by atoms with Gasteiger partial charge in [-0.2, -0.15) is 0 Å². The monoisotopic (exact) mass is 451 g/mol. The van der Waals surface area contributed by atoms with Gasteiger partial charge in [-0.15, -0.1) is 11.6 Å². The Morgan fingerprint density at radius 1 is 1.23 bits per heavy atom. The summed E-state index contributed by atoms with van der Waals surface area (Å²) >= 11 is 6.50. The van der Waals surface area contributed by atoms with Crippen LogP contribution in [0.3, 0.4) is 0 Å². The predicted molar refractivity (Wildman–Crippen MR) is 123 cm³/mol. The molecule has 0 bridgehead atoms. The van der Waals surface area contributed by atoms with Crippen LogP contribution in [-0.2, 0) is 25.3 Å². The fraction of sp³-hybridized carbons (Fsp3) is 0.565. The fourth-order valence-electron chi connectivity index (χ4n) is 3.17. The third kappa shape index (κ3) is 6.19. The lowest BCUT2D eigenvalue weighted by Crippen LogP contribution is -2.49. The molecule has 3 atom stereocenters. The quantitative estimate of drug-likeness (QED) is 0.280. The second-order valence-electron chi connectivity index (χ2n) is 9.32. The molecule has 0 aliphatic carbocycles. The van der Waals surface area contributed by atoms with Gasteiger partial charge in [0.05, 0.1) is 13.2 Å². The fourth-order valence-corrected chi connectivity index (χ4v) is 4.85. The summed E-state index contributed by atoms with van der Waals surface area (Å²) in [6.45, 7) is 11.8. The Morgan fingerprint density at radius 3 is 2.43 bits per heavy atom. The van der Waals surface area contributed by atoms with Gasteiger partial charge in [-0.1, -0.05) is 63.3 Å². The van der Waals surface area contributed by atoms with E-state index in [1.165, 1.54) is 7.11 Å². The minimum atomic E-state index is -2.05. The number of alkyl halides is 1. The highest BCUT2D eigenvalue weighted by molar-refractivity contribution is 6.74. The first-order valence-corrected chi connectivity index (χ1v) is 13.7. The molecule has 0 aromatic heterocycles. The minimum Gasteiger partial charge on any atom is -0.469 e. The molecule has 1 aliphatic rings. The number of halogens is 1. The summed E-state index contributed by atoms with van der Waals surface area (Å²) in [5.41, 5.74) is 1.00. The van der Waals surface area contributed by atoms with Gasteiger partial charge in [-0.25, -0.2) is 0 Å². The molecular weight excluding hydrogens is 418 g/mol. The molecule has 0 fully saturated rings. The van der Waals surface area contributed by atoms with E-state index in [-0.39, 0.29) is 17.0 Å². The lowest BCUT2D eigenvalue weighted by Gasteiger charge is -2.40. The molecule has 1 aromatic carbocycles. The number of carbonyl (C=O) groups is 2. The molecule has 0 spiro atoms. The zero-order valence-electron chi connectivity index (χ0n) is 18.9. The van der Waals surface area contributed by atoms with Crippen molar-refractivity contribution in [2.24, 2.45) is 5.92 Å². The highest BCUT2D eigenvalue weighted by Gasteiger charge is 2.41. The second-order valence-corrected chi connectivity index (χ2v) is 14.5. The van der Waals surface area contributed by atoms with Crippen molar-refractivity contribution in [2.45, 2.75) is 63.4 Å². The zero-order chi connectivity index (χ0) is 22.5. The molecule has 1 amide bonds. The Kier molecular flexibility index (Phi) is 8.31. The first-order valence-electron chi connectivity index (χ1n) is 10.4. The van der Waals surface area contributed by atoms with Crippen LogP contribution in [0.4, 0.5) is 0 Å². The average Bonchev–Trinajstić information content (AvgIpc) is 2.72. The number of esters is 1. The van der Waals surface area contributed by atoms with Crippen LogP contribution in [0.15, 0.2) is 42.5 Å². The zero-order valence-corrected chi connectivity index (χ0v) is 20.6. The lowest BCUT2D eigenvalue weighted by molar-refractivity contribution is -0.147. The standard InChI is InChI=1S/C23H34ClNO4Si/c1-23(2,3)30(5,6)29-18-13-10-14-19(22(27)28-4)20(24)21(26)25(16-18)15-17-11-8-7-9-12-17/h7-12,14,18-20H,13,15-16H2,1-6H3/b14-10+/t18-,19+,20-/m1/s1. The van der Waals surface area contributed by atoms with Crippen molar-refractivity contribution in [1.29, 1.82) is 0 Å². The first-order chi connectivity index (χ1) is 14.0. The van der Waals surface area contributed by atoms with Crippen LogP contribution < -0.4 is 0 Å². The van der Waals surface area contributed by atoms with E-state index in [2.05, 4.69) is 33.9 Å². The van der Waals surface area contributed by atoms with Gasteiger partial charge >= 0.3 is 5.97 Å². The van der Waals surface area contributed by atoms with Crippen molar-refractivity contribution < 1.29 is 18.8 Å². The molecular formula is C23H34ClNO4Si. The highest BCUT2D eigenvalue weighted by atomic mass is 35.5. The van der Waals surface area contributed by atoms with E-state index in [4.69, 9.17) is 20.8 Å². The van der Waals surface area contributed by atoms with E-state index < -0.39 is 25.6 Å². The van der Waals surface area contributed by atoms with Crippen molar-refractivity contribution in [1.82, 2.24) is 4.90 Å². The van der Waals surface area contributed by atoms with Gasteiger partial charge in [-0.05, 0) is 30.1 Å². The lowest BCUT2D eigenvalue weighted by atomic mass is 10.0. The van der Waals surface area contributed by atoms with Gasteiger partial charge < -0.3 is 14.1 Å². The number of methoxy groups -OCH3 is 1. The third-order valence-corrected chi connectivity index (χ3v) is 11.0. The molecule has 0 saturated carbocycles. The number of amides is 1. The molecule has 30 heavy (non-hydrogen) atoms. The SMILES string of the molecule is COC(=O)[C@H]1/C=C/C[C@@H](O[Si](C)(C)C(C)(C)C)CN(Cc2ccccc2)C(=O)[C@@H]1Cl. The highest BCUT2D eigenvalue weighted by Crippen LogP contribution is 2.38. The van der Waals surface area contributed by atoms with Crippen LogP contribution in [0.2, 0.25) is 18.1 Å². The molecule has 1 aromatic rings. The smallest absolute Gasteiger partial charge is 0.314 e. The van der Waals surface area contributed by atoms with Crippen molar-refractivity contribution in [3.8, 4) is 0 Å². The number of nitrogens with zero attached hydrogens (tertiary/aromatic N) is 1. The van der Waals surface area contributed by atoms with Crippen LogP contribution in [0.25, 0.3) is 0 Å². The Hall–Kier alpha value is -1.63. The van der Waals surface area contributed by atoms with Gasteiger partial charge in [0.15, 0.2) is 8.32 Å². The van der Waals surface area contributed by atoms with Crippen LogP contribution in [0, 0.1) is 5.92 Å². The third-order valence-electron chi connectivity index (χ3n) is 5.99. The molecule has 1 heterocycles. The van der Waals surface area contributed by atoms with Crippen LogP contribution in [0.1, 0.15) is 32.8 Å². The van der Waals surface area contributed by atoms with Crippen LogP contribution >= 0.6 is 11.6 Å². The maximum atomic E-state index is 13.3. The largest absolute Gasteiger partial charge is 0.469 e. The second kappa shape index (κ2) is 10.1. The molecule has 0 saturated heterocycles. The van der Waals surface area contributed by atoms with Crippen molar-refractivity contribution in [2.75, 3.05) is 13.7 Å². The maximum Gasteiger partial charge on any atom is 0.314 e. The van der Waals surface area contributed by atoms with E-state index in [0.29, 0.717) is 19.5 Å². The molecule has 5 nitrogen and oxygen atoms in total. The maximum absolute atomic E-state index is 13.3.